The topological polar surface area (TPSA) is 64.3 Å². The largest absolute Gasteiger partial charge is 0.465 e. The zero-order chi connectivity index (χ0) is 16.7. The molecule has 1 heterocycles. The molecule has 1 aromatic heterocycles. The Labute approximate surface area is 140 Å². The van der Waals surface area contributed by atoms with E-state index in [-0.39, 0.29) is 17.8 Å². The second kappa shape index (κ2) is 8.74. The van der Waals surface area contributed by atoms with Gasteiger partial charge in [0.25, 0.3) is 0 Å². The summed E-state index contributed by atoms with van der Waals surface area (Å²) in [7, 11) is 0. The normalized spacial score (nSPS) is 12.1. The van der Waals surface area contributed by atoms with Gasteiger partial charge in [-0.2, -0.15) is 0 Å². The van der Waals surface area contributed by atoms with E-state index in [0.717, 1.165) is 17.3 Å². The molecule has 0 amide bonds. The zero-order valence-corrected chi connectivity index (χ0v) is 14.3. The molecule has 0 aliphatic heterocycles. The fourth-order valence-corrected chi connectivity index (χ4v) is 3.13. The SMILES string of the molecule is CCOC(=O)C(C)Sc1ncc(CO)n1CCc1ccccc1. The number of rotatable bonds is 8. The highest BCUT2D eigenvalue weighted by atomic mass is 32.2. The molecular formula is C17H22N2O3S. The third-order valence-corrected chi connectivity index (χ3v) is 4.51. The summed E-state index contributed by atoms with van der Waals surface area (Å²) in [4.78, 5) is 16.1. The summed E-state index contributed by atoms with van der Waals surface area (Å²) in [5.74, 6) is -0.249. The number of hydrogen-bond donors (Lipinski definition) is 1. The molecule has 0 fully saturated rings. The summed E-state index contributed by atoms with van der Waals surface area (Å²) in [5.41, 5.74) is 1.97. The first-order valence-corrected chi connectivity index (χ1v) is 8.56. The number of carbonyl (C=O) groups excluding carboxylic acids is 1. The lowest BCUT2D eigenvalue weighted by Crippen LogP contribution is -2.18. The van der Waals surface area contributed by atoms with Crippen molar-refractivity contribution < 1.29 is 14.6 Å². The van der Waals surface area contributed by atoms with Crippen LogP contribution in [0, 0.1) is 0 Å². The fourth-order valence-electron chi connectivity index (χ4n) is 2.20. The minimum Gasteiger partial charge on any atom is -0.465 e. The predicted molar refractivity (Wildman–Crippen MR) is 90.2 cm³/mol. The van der Waals surface area contributed by atoms with Gasteiger partial charge in [0.05, 0.1) is 25.1 Å². The molecule has 5 nitrogen and oxygen atoms in total. The van der Waals surface area contributed by atoms with Crippen molar-refractivity contribution in [1.29, 1.82) is 0 Å². The molecule has 1 atom stereocenters. The molecular weight excluding hydrogens is 312 g/mol. The van der Waals surface area contributed by atoms with Crippen LogP contribution < -0.4 is 0 Å². The zero-order valence-electron chi connectivity index (χ0n) is 13.4. The summed E-state index contributed by atoms with van der Waals surface area (Å²) in [6, 6.07) is 10.2. The molecule has 1 aromatic carbocycles. The van der Waals surface area contributed by atoms with Gasteiger partial charge in [-0.1, -0.05) is 42.1 Å². The van der Waals surface area contributed by atoms with E-state index in [4.69, 9.17) is 4.74 Å². The van der Waals surface area contributed by atoms with E-state index in [2.05, 4.69) is 17.1 Å². The molecule has 0 aliphatic carbocycles. The lowest BCUT2D eigenvalue weighted by Gasteiger charge is -2.13. The number of benzene rings is 1. The molecule has 23 heavy (non-hydrogen) atoms. The number of thioether (sulfide) groups is 1. The van der Waals surface area contributed by atoms with Gasteiger partial charge in [0, 0.05) is 6.54 Å². The maximum atomic E-state index is 11.8. The van der Waals surface area contributed by atoms with E-state index in [1.54, 1.807) is 20.0 Å². The van der Waals surface area contributed by atoms with E-state index in [1.807, 2.05) is 22.8 Å². The molecule has 0 saturated heterocycles. The second-order valence-electron chi connectivity index (χ2n) is 5.09. The summed E-state index contributed by atoms with van der Waals surface area (Å²) in [6.07, 6.45) is 2.50. The molecule has 1 N–H and O–H groups in total. The highest BCUT2D eigenvalue weighted by molar-refractivity contribution is 8.00. The number of esters is 1. The van der Waals surface area contributed by atoms with Crippen LogP contribution in [0.3, 0.4) is 0 Å². The number of aryl methyl sites for hydroxylation is 1. The van der Waals surface area contributed by atoms with Gasteiger partial charge < -0.3 is 14.4 Å². The molecule has 0 saturated carbocycles. The highest BCUT2D eigenvalue weighted by Gasteiger charge is 2.19. The maximum absolute atomic E-state index is 11.8. The van der Waals surface area contributed by atoms with Gasteiger partial charge >= 0.3 is 5.97 Å². The summed E-state index contributed by atoms with van der Waals surface area (Å²) in [6.45, 7) is 4.60. The number of aliphatic hydroxyl groups is 1. The minimum absolute atomic E-state index is 0.0733. The molecule has 2 rings (SSSR count). The van der Waals surface area contributed by atoms with Crippen molar-refractivity contribution >= 4 is 17.7 Å². The van der Waals surface area contributed by atoms with Crippen molar-refractivity contribution in [3.63, 3.8) is 0 Å². The van der Waals surface area contributed by atoms with Crippen molar-refractivity contribution in [2.24, 2.45) is 0 Å². The minimum atomic E-state index is -0.334. The fraction of sp³-hybridized carbons (Fsp3) is 0.412. The van der Waals surface area contributed by atoms with Crippen LogP contribution in [0.1, 0.15) is 25.1 Å². The lowest BCUT2D eigenvalue weighted by molar-refractivity contribution is -0.142. The first kappa shape index (κ1) is 17.6. The Morgan fingerprint density at radius 2 is 2.13 bits per heavy atom. The van der Waals surface area contributed by atoms with Crippen LogP contribution in [0.5, 0.6) is 0 Å². The number of carbonyl (C=O) groups is 1. The average Bonchev–Trinajstić information content (AvgIpc) is 2.95. The predicted octanol–water partition coefficient (Wildman–Crippen LogP) is 2.66. The van der Waals surface area contributed by atoms with Crippen LogP contribution in [0.25, 0.3) is 0 Å². The third-order valence-electron chi connectivity index (χ3n) is 3.43. The first-order valence-electron chi connectivity index (χ1n) is 7.68. The van der Waals surface area contributed by atoms with Gasteiger partial charge in [0.15, 0.2) is 5.16 Å². The highest BCUT2D eigenvalue weighted by Crippen LogP contribution is 2.24. The van der Waals surface area contributed by atoms with Crippen LogP contribution in [0.2, 0.25) is 0 Å². The molecule has 0 spiro atoms. The molecule has 1 unspecified atom stereocenters. The van der Waals surface area contributed by atoms with E-state index < -0.39 is 0 Å². The number of nitrogens with zero attached hydrogens (tertiary/aromatic N) is 2. The second-order valence-corrected chi connectivity index (χ2v) is 6.40. The Balaban J connectivity index is 2.08. The number of aliphatic hydroxyl groups excluding tert-OH is 1. The molecule has 2 aromatic rings. The Kier molecular flexibility index (Phi) is 6.67. The van der Waals surface area contributed by atoms with Crippen LogP contribution in [0.4, 0.5) is 0 Å². The van der Waals surface area contributed by atoms with E-state index in [0.29, 0.717) is 13.2 Å². The summed E-state index contributed by atoms with van der Waals surface area (Å²) in [5, 5.41) is 9.89. The van der Waals surface area contributed by atoms with E-state index >= 15 is 0 Å². The Morgan fingerprint density at radius 1 is 1.39 bits per heavy atom. The Bertz CT molecular complexity index is 628. The number of ether oxygens (including phenoxy) is 1. The summed E-state index contributed by atoms with van der Waals surface area (Å²) >= 11 is 1.36. The summed E-state index contributed by atoms with van der Waals surface area (Å²) < 4.78 is 7.00. The van der Waals surface area contributed by atoms with E-state index in [1.165, 1.54) is 17.3 Å². The monoisotopic (exact) mass is 334 g/mol. The van der Waals surface area contributed by atoms with Crippen molar-refractivity contribution in [2.45, 2.75) is 43.8 Å². The van der Waals surface area contributed by atoms with Gasteiger partial charge in [0.2, 0.25) is 0 Å². The van der Waals surface area contributed by atoms with Crippen molar-refractivity contribution in [3.8, 4) is 0 Å². The first-order chi connectivity index (χ1) is 11.2. The van der Waals surface area contributed by atoms with Crippen molar-refractivity contribution in [2.75, 3.05) is 6.61 Å². The average molecular weight is 334 g/mol. The quantitative estimate of drug-likeness (QED) is 0.594. The Hall–Kier alpha value is -1.79. The van der Waals surface area contributed by atoms with Gasteiger partial charge in [-0.15, -0.1) is 0 Å². The van der Waals surface area contributed by atoms with Crippen molar-refractivity contribution in [1.82, 2.24) is 9.55 Å². The standard InChI is InChI=1S/C17H22N2O3S/c1-3-22-16(21)13(2)23-17-18-11-15(12-20)19(17)10-9-14-7-5-4-6-8-14/h4-8,11,13,20H,3,9-10,12H2,1-2H3. The molecule has 124 valence electrons. The lowest BCUT2D eigenvalue weighted by atomic mass is 10.1. The van der Waals surface area contributed by atoms with Gasteiger partial charge in [-0.25, -0.2) is 4.98 Å². The molecule has 0 radical (unpaired) electrons. The van der Waals surface area contributed by atoms with Gasteiger partial charge in [0.1, 0.15) is 5.25 Å². The van der Waals surface area contributed by atoms with Gasteiger partial charge in [-0.3, -0.25) is 4.79 Å². The third kappa shape index (κ3) is 4.84. The van der Waals surface area contributed by atoms with Crippen LogP contribution in [-0.2, 0) is 29.1 Å². The van der Waals surface area contributed by atoms with Gasteiger partial charge in [-0.05, 0) is 25.8 Å². The Morgan fingerprint density at radius 3 is 2.78 bits per heavy atom. The molecule has 0 aliphatic rings. The molecule has 6 heteroatoms. The van der Waals surface area contributed by atoms with E-state index in [9.17, 15) is 9.90 Å². The maximum Gasteiger partial charge on any atom is 0.319 e. The van der Waals surface area contributed by atoms with Crippen LogP contribution >= 0.6 is 11.8 Å². The number of aromatic nitrogens is 2. The van der Waals surface area contributed by atoms with Crippen molar-refractivity contribution in [3.05, 3.63) is 47.8 Å². The molecule has 0 bridgehead atoms. The number of imidazole rings is 1. The van der Waals surface area contributed by atoms with Crippen LogP contribution in [0.15, 0.2) is 41.7 Å². The number of hydrogen-bond acceptors (Lipinski definition) is 5. The van der Waals surface area contributed by atoms with Crippen LogP contribution in [-0.4, -0.2) is 32.5 Å². The smallest absolute Gasteiger partial charge is 0.319 e.